The maximum Gasteiger partial charge on any atom is 0.391 e. The Bertz CT molecular complexity index is 609. The number of hydrogen-bond acceptors (Lipinski definition) is 3. The summed E-state index contributed by atoms with van der Waals surface area (Å²) in [4.78, 5) is 12.1. The fourth-order valence-electron chi connectivity index (χ4n) is 2.93. The topological polar surface area (TPSA) is 58.6 Å². The van der Waals surface area contributed by atoms with E-state index in [4.69, 9.17) is 16.3 Å². The highest BCUT2D eigenvalue weighted by Crippen LogP contribution is 2.41. The molecule has 1 fully saturated rings. The third kappa shape index (κ3) is 4.54. The lowest BCUT2D eigenvalue weighted by molar-refractivity contribution is -0.199. The van der Waals surface area contributed by atoms with Crippen LogP contribution in [0.25, 0.3) is 0 Å². The predicted molar refractivity (Wildman–Crippen MR) is 83.3 cm³/mol. The number of benzene rings is 1. The standard InChI is InChI=1S/C16H19ClF3NO3/c1-24-13-7-10(4-5-12(13)17)14(22)21-9-15(23)6-2-3-11(8-15)16(18,19)20/h4-5,7,11,23H,2-3,6,8-9H2,1H3,(H,21,22). The molecule has 0 saturated heterocycles. The number of nitrogens with one attached hydrogen (secondary N) is 1. The van der Waals surface area contributed by atoms with Crippen molar-refractivity contribution in [3.8, 4) is 5.75 Å². The molecule has 0 bridgehead atoms. The van der Waals surface area contributed by atoms with Crippen molar-refractivity contribution in [1.29, 1.82) is 0 Å². The van der Waals surface area contributed by atoms with Gasteiger partial charge in [-0.05, 0) is 43.9 Å². The van der Waals surface area contributed by atoms with E-state index in [0.29, 0.717) is 10.8 Å². The molecule has 8 heteroatoms. The maximum atomic E-state index is 12.8. The van der Waals surface area contributed by atoms with Gasteiger partial charge in [0.25, 0.3) is 5.91 Å². The average molecular weight is 366 g/mol. The summed E-state index contributed by atoms with van der Waals surface area (Å²) in [5.74, 6) is -1.73. The van der Waals surface area contributed by atoms with Crippen LogP contribution >= 0.6 is 11.6 Å². The van der Waals surface area contributed by atoms with Crippen molar-refractivity contribution in [2.24, 2.45) is 5.92 Å². The van der Waals surface area contributed by atoms with E-state index in [9.17, 15) is 23.1 Å². The number of amides is 1. The Morgan fingerprint density at radius 2 is 2.21 bits per heavy atom. The van der Waals surface area contributed by atoms with Gasteiger partial charge in [0.05, 0.1) is 23.7 Å². The minimum Gasteiger partial charge on any atom is -0.495 e. The van der Waals surface area contributed by atoms with Crippen LogP contribution in [0.15, 0.2) is 18.2 Å². The fraction of sp³-hybridized carbons (Fsp3) is 0.562. The van der Waals surface area contributed by atoms with Crippen LogP contribution in [0.1, 0.15) is 36.0 Å². The number of rotatable bonds is 4. The smallest absolute Gasteiger partial charge is 0.391 e. The first-order valence-corrected chi connectivity index (χ1v) is 7.93. The van der Waals surface area contributed by atoms with Gasteiger partial charge in [-0.3, -0.25) is 4.79 Å². The molecule has 2 atom stereocenters. The molecule has 1 aromatic rings. The van der Waals surface area contributed by atoms with Crippen LogP contribution < -0.4 is 10.1 Å². The first kappa shape index (κ1) is 18.9. The maximum absolute atomic E-state index is 12.8. The van der Waals surface area contributed by atoms with Crippen molar-refractivity contribution in [3.63, 3.8) is 0 Å². The lowest BCUT2D eigenvalue weighted by Gasteiger charge is -2.37. The highest BCUT2D eigenvalue weighted by molar-refractivity contribution is 6.32. The lowest BCUT2D eigenvalue weighted by atomic mass is 9.77. The molecule has 1 amide bonds. The first-order valence-electron chi connectivity index (χ1n) is 7.55. The number of halogens is 4. The van der Waals surface area contributed by atoms with Crippen molar-refractivity contribution in [2.75, 3.05) is 13.7 Å². The fourth-order valence-corrected chi connectivity index (χ4v) is 3.12. The Hall–Kier alpha value is -1.47. The highest BCUT2D eigenvalue weighted by atomic mass is 35.5. The molecule has 0 aromatic heterocycles. The van der Waals surface area contributed by atoms with E-state index in [0.717, 1.165) is 0 Å². The zero-order valence-corrected chi connectivity index (χ0v) is 13.9. The molecule has 1 aliphatic carbocycles. The summed E-state index contributed by atoms with van der Waals surface area (Å²) in [6.07, 6.45) is -4.23. The van der Waals surface area contributed by atoms with Crippen LogP contribution in [0.3, 0.4) is 0 Å². The first-order chi connectivity index (χ1) is 11.1. The zero-order valence-electron chi connectivity index (χ0n) is 13.1. The Kier molecular flexibility index (Phi) is 5.65. The molecule has 0 aliphatic heterocycles. The minimum absolute atomic E-state index is 0.00808. The van der Waals surface area contributed by atoms with E-state index < -0.39 is 30.0 Å². The molecule has 1 aliphatic rings. The molecule has 2 N–H and O–H groups in total. The van der Waals surface area contributed by atoms with Gasteiger partial charge in [-0.15, -0.1) is 0 Å². The van der Waals surface area contributed by atoms with E-state index in [2.05, 4.69) is 5.32 Å². The van der Waals surface area contributed by atoms with Crippen LogP contribution in [0.4, 0.5) is 13.2 Å². The molecular formula is C16H19ClF3NO3. The average Bonchev–Trinajstić information content (AvgIpc) is 2.52. The van der Waals surface area contributed by atoms with Crippen LogP contribution in [-0.4, -0.2) is 36.4 Å². The molecule has 0 heterocycles. The Balaban J connectivity index is 2.00. The summed E-state index contributed by atoms with van der Waals surface area (Å²) in [5.41, 5.74) is -1.30. The summed E-state index contributed by atoms with van der Waals surface area (Å²) >= 11 is 5.88. The highest BCUT2D eigenvalue weighted by Gasteiger charge is 2.47. The number of methoxy groups -OCH3 is 1. The molecule has 134 valence electrons. The van der Waals surface area contributed by atoms with Gasteiger partial charge in [-0.25, -0.2) is 0 Å². The van der Waals surface area contributed by atoms with Crippen LogP contribution in [0.2, 0.25) is 5.02 Å². The Morgan fingerprint density at radius 1 is 1.50 bits per heavy atom. The van der Waals surface area contributed by atoms with Gasteiger partial charge in [-0.2, -0.15) is 13.2 Å². The number of aliphatic hydroxyl groups is 1. The van der Waals surface area contributed by atoms with Gasteiger partial charge in [-0.1, -0.05) is 11.6 Å². The van der Waals surface area contributed by atoms with Crippen molar-refractivity contribution < 1.29 is 27.8 Å². The van der Waals surface area contributed by atoms with Gasteiger partial charge in [0.1, 0.15) is 5.75 Å². The number of hydrogen-bond donors (Lipinski definition) is 2. The van der Waals surface area contributed by atoms with Crippen molar-refractivity contribution in [1.82, 2.24) is 5.32 Å². The van der Waals surface area contributed by atoms with E-state index in [1.807, 2.05) is 0 Å². The van der Waals surface area contributed by atoms with Gasteiger partial charge >= 0.3 is 6.18 Å². The van der Waals surface area contributed by atoms with Gasteiger partial charge < -0.3 is 15.2 Å². The van der Waals surface area contributed by atoms with E-state index >= 15 is 0 Å². The second-order valence-corrected chi connectivity index (χ2v) is 6.50. The second-order valence-electron chi connectivity index (χ2n) is 6.09. The second kappa shape index (κ2) is 7.19. The monoisotopic (exact) mass is 365 g/mol. The van der Waals surface area contributed by atoms with Crippen molar-refractivity contribution in [2.45, 2.75) is 37.5 Å². The summed E-state index contributed by atoms with van der Waals surface area (Å²) in [6, 6.07) is 4.40. The Labute approximate surface area is 142 Å². The number of carbonyl (C=O) groups excluding carboxylic acids is 1. The van der Waals surface area contributed by atoms with Gasteiger partial charge in [0, 0.05) is 12.1 Å². The van der Waals surface area contributed by atoms with E-state index in [-0.39, 0.29) is 31.4 Å². The molecular weight excluding hydrogens is 347 g/mol. The third-order valence-electron chi connectivity index (χ3n) is 4.28. The van der Waals surface area contributed by atoms with Crippen LogP contribution in [0, 0.1) is 5.92 Å². The normalized spacial score (nSPS) is 24.5. The molecule has 0 radical (unpaired) electrons. The lowest BCUT2D eigenvalue weighted by Crippen LogP contribution is -2.48. The summed E-state index contributed by atoms with van der Waals surface area (Å²) in [5, 5.41) is 13.2. The van der Waals surface area contributed by atoms with Crippen LogP contribution in [0.5, 0.6) is 5.75 Å². The number of ether oxygens (including phenoxy) is 1. The van der Waals surface area contributed by atoms with Gasteiger partial charge in [0.2, 0.25) is 0 Å². The van der Waals surface area contributed by atoms with Crippen molar-refractivity contribution in [3.05, 3.63) is 28.8 Å². The quantitative estimate of drug-likeness (QED) is 0.857. The summed E-state index contributed by atoms with van der Waals surface area (Å²) in [7, 11) is 1.41. The third-order valence-corrected chi connectivity index (χ3v) is 4.59. The molecule has 24 heavy (non-hydrogen) atoms. The van der Waals surface area contributed by atoms with Crippen molar-refractivity contribution >= 4 is 17.5 Å². The van der Waals surface area contributed by atoms with E-state index in [1.54, 1.807) is 0 Å². The Morgan fingerprint density at radius 3 is 2.83 bits per heavy atom. The SMILES string of the molecule is COc1cc(C(=O)NCC2(O)CCCC(C(F)(F)F)C2)ccc1Cl. The molecule has 4 nitrogen and oxygen atoms in total. The summed E-state index contributed by atoms with van der Waals surface area (Å²) < 4.78 is 43.5. The minimum atomic E-state index is -4.33. The molecule has 2 rings (SSSR count). The molecule has 1 aromatic carbocycles. The predicted octanol–water partition coefficient (Wildman–Crippen LogP) is 3.56. The molecule has 0 spiro atoms. The molecule has 2 unspecified atom stereocenters. The summed E-state index contributed by atoms with van der Waals surface area (Å²) in [6.45, 7) is -0.233. The zero-order chi connectivity index (χ0) is 18.0. The molecule has 1 saturated carbocycles. The largest absolute Gasteiger partial charge is 0.495 e. The number of alkyl halides is 3. The van der Waals surface area contributed by atoms with Gasteiger partial charge in [0.15, 0.2) is 0 Å². The number of carbonyl (C=O) groups is 1. The van der Waals surface area contributed by atoms with Crippen LogP contribution in [-0.2, 0) is 0 Å². The van der Waals surface area contributed by atoms with E-state index in [1.165, 1.54) is 25.3 Å².